The molecular formula is C22H33N5S. The largest absolute Gasteiger partial charge is 0.351 e. The third-order valence-electron chi connectivity index (χ3n) is 4.82. The summed E-state index contributed by atoms with van der Waals surface area (Å²) in [5, 5.41) is 7.58. The van der Waals surface area contributed by atoms with Crippen molar-refractivity contribution in [2.45, 2.75) is 88.7 Å². The van der Waals surface area contributed by atoms with Crippen LogP contribution in [0.2, 0.25) is 0 Å². The van der Waals surface area contributed by atoms with Gasteiger partial charge in [0.15, 0.2) is 0 Å². The molecule has 0 amide bonds. The van der Waals surface area contributed by atoms with Crippen LogP contribution in [0.4, 0.5) is 5.95 Å². The van der Waals surface area contributed by atoms with Crippen LogP contribution in [0.3, 0.4) is 0 Å². The van der Waals surface area contributed by atoms with Crippen molar-refractivity contribution in [2.75, 3.05) is 5.32 Å². The molecule has 2 aliphatic rings. The van der Waals surface area contributed by atoms with Crippen molar-refractivity contribution in [3.63, 3.8) is 0 Å². The highest BCUT2D eigenvalue weighted by Crippen LogP contribution is 2.42. The standard InChI is InChI=1S/C22H33N5S/c1-20(2,23)11-9-16-7-8-18(28-16)17-10-12-24-19(26-17)25-15-13-21(3,4)27-22(5,6)14-15/h7,10,12,15,18,27H,8,13-14,23H2,1-6H3,(H,24,25,26). The smallest absolute Gasteiger partial charge is 0.223 e. The highest BCUT2D eigenvalue weighted by molar-refractivity contribution is 8.03. The Labute approximate surface area is 173 Å². The molecule has 0 bridgehead atoms. The average molecular weight is 400 g/mol. The minimum atomic E-state index is -0.470. The van der Waals surface area contributed by atoms with Crippen molar-refractivity contribution < 1.29 is 0 Å². The lowest BCUT2D eigenvalue weighted by molar-refractivity contribution is 0.170. The maximum absolute atomic E-state index is 5.96. The van der Waals surface area contributed by atoms with Crippen LogP contribution in [-0.4, -0.2) is 32.6 Å². The topological polar surface area (TPSA) is 75.9 Å². The SMILES string of the molecule is CC(C)(N)C#CC1=CCC(c2ccnc(NC3CC(C)(C)NC(C)(C)C3)n2)S1. The van der Waals surface area contributed by atoms with Crippen molar-refractivity contribution in [1.82, 2.24) is 15.3 Å². The summed E-state index contributed by atoms with van der Waals surface area (Å²) < 4.78 is 0. The van der Waals surface area contributed by atoms with Crippen LogP contribution >= 0.6 is 11.8 Å². The van der Waals surface area contributed by atoms with Gasteiger partial charge >= 0.3 is 0 Å². The van der Waals surface area contributed by atoms with E-state index in [4.69, 9.17) is 10.7 Å². The average Bonchev–Trinajstić information content (AvgIpc) is 2.98. The van der Waals surface area contributed by atoms with Crippen LogP contribution in [0, 0.1) is 11.8 Å². The predicted octanol–water partition coefficient (Wildman–Crippen LogP) is 4.00. The van der Waals surface area contributed by atoms with Crippen LogP contribution in [0.1, 0.15) is 71.7 Å². The zero-order valence-electron chi connectivity index (χ0n) is 17.9. The van der Waals surface area contributed by atoms with Gasteiger partial charge in [-0.3, -0.25) is 0 Å². The van der Waals surface area contributed by atoms with Gasteiger partial charge in [-0.1, -0.05) is 17.9 Å². The van der Waals surface area contributed by atoms with Gasteiger partial charge < -0.3 is 16.4 Å². The molecular weight excluding hydrogens is 366 g/mol. The predicted molar refractivity (Wildman–Crippen MR) is 119 cm³/mol. The van der Waals surface area contributed by atoms with Crippen molar-refractivity contribution >= 4 is 17.7 Å². The number of allylic oxidation sites excluding steroid dienone is 2. The van der Waals surface area contributed by atoms with E-state index in [0.717, 1.165) is 35.8 Å². The number of nitrogens with two attached hydrogens (primary N) is 1. The molecule has 1 saturated heterocycles. The molecule has 0 spiro atoms. The molecule has 1 fully saturated rings. The van der Waals surface area contributed by atoms with E-state index in [1.54, 1.807) is 11.8 Å². The summed E-state index contributed by atoms with van der Waals surface area (Å²) in [7, 11) is 0. The van der Waals surface area contributed by atoms with Crippen LogP contribution < -0.4 is 16.4 Å². The van der Waals surface area contributed by atoms with Crippen LogP contribution in [0.25, 0.3) is 0 Å². The first-order valence-electron chi connectivity index (χ1n) is 9.99. The van der Waals surface area contributed by atoms with Gasteiger partial charge in [-0.05, 0) is 66.9 Å². The third kappa shape index (κ3) is 5.97. The highest BCUT2D eigenvalue weighted by atomic mass is 32.2. The molecule has 1 aromatic rings. The zero-order valence-corrected chi connectivity index (χ0v) is 18.7. The molecule has 152 valence electrons. The van der Waals surface area contributed by atoms with Crippen molar-refractivity contribution in [3.8, 4) is 11.8 Å². The fraction of sp³-hybridized carbons (Fsp3) is 0.636. The summed E-state index contributed by atoms with van der Waals surface area (Å²) in [6.07, 6.45) is 7.05. The third-order valence-corrected chi connectivity index (χ3v) is 6.07. The molecule has 0 aromatic carbocycles. The Morgan fingerprint density at radius 1 is 1.25 bits per heavy atom. The lowest BCUT2D eigenvalue weighted by Gasteiger charge is -2.46. The fourth-order valence-corrected chi connectivity index (χ4v) is 5.23. The number of hydrogen-bond acceptors (Lipinski definition) is 6. The summed E-state index contributed by atoms with van der Waals surface area (Å²) in [5.41, 5.74) is 6.72. The number of nitrogens with one attached hydrogen (secondary N) is 2. The second-order valence-electron chi connectivity index (χ2n) is 9.83. The molecule has 0 saturated carbocycles. The number of thioether (sulfide) groups is 1. The van der Waals surface area contributed by atoms with E-state index in [2.05, 4.69) is 61.2 Å². The van der Waals surface area contributed by atoms with E-state index < -0.39 is 5.54 Å². The Bertz CT molecular complexity index is 794. The van der Waals surface area contributed by atoms with Gasteiger partial charge in [0.05, 0.1) is 21.4 Å². The normalized spacial score (nSPS) is 24.2. The minimum absolute atomic E-state index is 0.0899. The second kappa shape index (κ2) is 7.70. The van der Waals surface area contributed by atoms with Gasteiger partial charge in [-0.2, -0.15) is 0 Å². The maximum atomic E-state index is 5.96. The molecule has 0 radical (unpaired) electrons. The summed E-state index contributed by atoms with van der Waals surface area (Å²) in [5.74, 6) is 7.03. The van der Waals surface area contributed by atoms with Crippen LogP contribution in [0.5, 0.6) is 0 Å². The van der Waals surface area contributed by atoms with Gasteiger partial charge in [-0.15, -0.1) is 11.8 Å². The second-order valence-corrected chi connectivity index (χ2v) is 11.1. The van der Waals surface area contributed by atoms with Gasteiger partial charge in [0.1, 0.15) is 0 Å². The number of anilines is 1. The Morgan fingerprint density at radius 2 is 1.93 bits per heavy atom. The van der Waals surface area contributed by atoms with E-state index in [1.807, 2.05) is 26.1 Å². The van der Waals surface area contributed by atoms with E-state index >= 15 is 0 Å². The lowest BCUT2D eigenvalue weighted by Crippen LogP contribution is -2.60. The van der Waals surface area contributed by atoms with Crippen molar-refractivity contribution in [2.24, 2.45) is 5.73 Å². The molecule has 3 heterocycles. The molecule has 2 aliphatic heterocycles. The van der Waals surface area contributed by atoms with Crippen molar-refractivity contribution in [3.05, 3.63) is 28.9 Å². The van der Waals surface area contributed by atoms with Gasteiger partial charge in [0, 0.05) is 23.3 Å². The first-order chi connectivity index (χ1) is 12.9. The van der Waals surface area contributed by atoms with E-state index in [9.17, 15) is 0 Å². The van der Waals surface area contributed by atoms with E-state index in [-0.39, 0.29) is 16.3 Å². The van der Waals surface area contributed by atoms with Crippen LogP contribution in [-0.2, 0) is 0 Å². The molecule has 5 nitrogen and oxygen atoms in total. The first-order valence-corrected chi connectivity index (χ1v) is 10.9. The maximum Gasteiger partial charge on any atom is 0.223 e. The molecule has 1 unspecified atom stereocenters. The van der Waals surface area contributed by atoms with Crippen molar-refractivity contribution in [1.29, 1.82) is 0 Å². The molecule has 1 atom stereocenters. The lowest BCUT2D eigenvalue weighted by atomic mass is 9.80. The molecule has 1 aromatic heterocycles. The van der Waals surface area contributed by atoms with Gasteiger partial charge in [0.25, 0.3) is 0 Å². The Balaban J connectivity index is 1.66. The summed E-state index contributed by atoms with van der Waals surface area (Å²) in [6, 6.07) is 2.36. The zero-order chi connectivity index (χ0) is 20.6. The quantitative estimate of drug-likeness (QED) is 0.667. The molecule has 6 heteroatoms. The van der Waals surface area contributed by atoms with Crippen LogP contribution in [0.15, 0.2) is 23.2 Å². The van der Waals surface area contributed by atoms with E-state index in [1.165, 1.54) is 0 Å². The molecule has 4 N–H and O–H groups in total. The summed E-state index contributed by atoms with van der Waals surface area (Å²) >= 11 is 1.76. The number of rotatable bonds is 3. The number of hydrogen-bond donors (Lipinski definition) is 3. The fourth-order valence-electron chi connectivity index (χ4n) is 4.18. The number of nitrogens with zero attached hydrogens (tertiary/aromatic N) is 2. The Kier molecular flexibility index (Phi) is 5.82. The first kappa shape index (κ1) is 21.2. The number of piperidine rings is 1. The molecule has 0 aliphatic carbocycles. The monoisotopic (exact) mass is 399 g/mol. The minimum Gasteiger partial charge on any atom is -0.351 e. The van der Waals surface area contributed by atoms with E-state index in [0.29, 0.717) is 6.04 Å². The highest BCUT2D eigenvalue weighted by Gasteiger charge is 2.37. The summed E-state index contributed by atoms with van der Waals surface area (Å²) in [4.78, 5) is 10.4. The molecule has 28 heavy (non-hydrogen) atoms. The Morgan fingerprint density at radius 3 is 2.57 bits per heavy atom. The number of aromatic nitrogens is 2. The summed E-state index contributed by atoms with van der Waals surface area (Å²) in [6.45, 7) is 12.9. The van der Waals surface area contributed by atoms with Gasteiger partial charge in [-0.25, -0.2) is 9.97 Å². The Hall–Kier alpha value is -1.55. The molecule has 3 rings (SSSR count). The van der Waals surface area contributed by atoms with Gasteiger partial charge in [0.2, 0.25) is 5.95 Å².